The SMILES string of the molecule is Nc1n[nH]c2ccc(C3CCCC3)cc12. The molecule has 1 aromatic carbocycles. The molecule has 3 rings (SSSR count). The van der Waals surface area contributed by atoms with Gasteiger partial charge in [0.15, 0.2) is 5.82 Å². The molecule has 1 aromatic heterocycles. The number of aromatic nitrogens is 2. The molecule has 0 atom stereocenters. The van der Waals surface area contributed by atoms with E-state index < -0.39 is 0 Å². The van der Waals surface area contributed by atoms with Gasteiger partial charge in [-0.3, -0.25) is 5.10 Å². The average molecular weight is 201 g/mol. The largest absolute Gasteiger partial charge is 0.382 e. The lowest BCUT2D eigenvalue weighted by molar-refractivity contribution is 0.724. The second-order valence-corrected chi connectivity index (χ2v) is 4.40. The zero-order valence-electron chi connectivity index (χ0n) is 8.66. The van der Waals surface area contributed by atoms with Crippen LogP contribution >= 0.6 is 0 Å². The lowest BCUT2D eigenvalue weighted by atomic mass is 9.96. The maximum Gasteiger partial charge on any atom is 0.153 e. The molecule has 1 heterocycles. The lowest BCUT2D eigenvalue weighted by Crippen LogP contribution is -1.92. The molecule has 0 radical (unpaired) electrons. The minimum Gasteiger partial charge on any atom is -0.382 e. The first kappa shape index (κ1) is 8.77. The molecule has 1 saturated carbocycles. The van der Waals surface area contributed by atoms with Gasteiger partial charge in [-0.05, 0) is 36.5 Å². The fraction of sp³-hybridized carbons (Fsp3) is 0.417. The summed E-state index contributed by atoms with van der Waals surface area (Å²) in [5.74, 6) is 1.36. The van der Waals surface area contributed by atoms with Gasteiger partial charge in [-0.25, -0.2) is 0 Å². The van der Waals surface area contributed by atoms with Gasteiger partial charge in [-0.2, -0.15) is 5.10 Å². The third-order valence-corrected chi connectivity index (χ3v) is 3.44. The van der Waals surface area contributed by atoms with Gasteiger partial charge >= 0.3 is 0 Å². The molecule has 1 aliphatic rings. The van der Waals surface area contributed by atoms with Gasteiger partial charge in [-0.1, -0.05) is 18.9 Å². The molecule has 0 amide bonds. The summed E-state index contributed by atoms with van der Waals surface area (Å²) in [6.45, 7) is 0. The smallest absolute Gasteiger partial charge is 0.153 e. The molecule has 1 fully saturated rings. The maximum atomic E-state index is 5.80. The molecular weight excluding hydrogens is 186 g/mol. The summed E-state index contributed by atoms with van der Waals surface area (Å²) in [4.78, 5) is 0. The highest BCUT2D eigenvalue weighted by Gasteiger charge is 2.17. The highest BCUT2D eigenvalue weighted by Crippen LogP contribution is 2.35. The van der Waals surface area contributed by atoms with E-state index in [-0.39, 0.29) is 0 Å². The summed E-state index contributed by atoms with van der Waals surface area (Å²) in [6.07, 6.45) is 5.37. The number of rotatable bonds is 1. The molecule has 0 aliphatic heterocycles. The van der Waals surface area contributed by atoms with Crippen molar-refractivity contribution in [3.05, 3.63) is 23.8 Å². The summed E-state index contributed by atoms with van der Waals surface area (Å²) < 4.78 is 0. The van der Waals surface area contributed by atoms with Gasteiger partial charge in [-0.15, -0.1) is 0 Å². The maximum absolute atomic E-state index is 5.80. The first-order chi connectivity index (χ1) is 7.34. The van der Waals surface area contributed by atoms with Crippen LogP contribution in [0.1, 0.15) is 37.2 Å². The molecule has 0 bridgehead atoms. The summed E-state index contributed by atoms with van der Waals surface area (Å²) in [5, 5.41) is 8.02. The summed E-state index contributed by atoms with van der Waals surface area (Å²) in [7, 11) is 0. The van der Waals surface area contributed by atoms with Crippen molar-refractivity contribution in [3.63, 3.8) is 0 Å². The predicted octanol–water partition coefficient (Wildman–Crippen LogP) is 2.80. The van der Waals surface area contributed by atoms with Gasteiger partial charge < -0.3 is 5.73 Å². The van der Waals surface area contributed by atoms with Crippen LogP contribution in [0.15, 0.2) is 18.2 Å². The number of nitrogens with zero attached hydrogens (tertiary/aromatic N) is 1. The Kier molecular flexibility index (Phi) is 1.91. The van der Waals surface area contributed by atoms with Crippen LogP contribution in [0.2, 0.25) is 0 Å². The molecule has 0 spiro atoms. The summed E-state index contributed by atoms with van der Waals surface area (Å²) >= 11 is 0. The molecule has 2 aromatic rings. The number of fused-ring (bicyclic) bond motifs is 1. The number of hydrogen-bond donors (Lipinski definition) is 2. The predicted molar refractivity (Wildman–Crippen MR) is 61.7 cm³/mol. The van der Waals surface area contributed by atoms with E-state index in [1.165, 1.54) is 31.2 Å². The number of anilines is 1. The van der Waals surface area contributed by atoms with E-state index in [4.69, 9.17) is 5.73 Å². The van der Waals surface area contributed by atoms with Crippen LogP contribution < -0.4 is 5.73 Å². The molecule has 78 valence electrons. The molecule has 3 nitrogen and oxygen atoms in total. The normalized spacial score (nSPS) is 17.6. The highest BCUT2D eigenvalue weighted by molar-refractivity contribution is 5.89. The summed E-state index contributed by atoms with van der Waals surface area (Å²) in [5.41, 5.74) is 8.26. The number of nitrogens with two attached hydrogens (primary N) is 1. The Bertz CT molecular complexity index is 481. The van der Waals surface area contributed by atoms with Crippen LogP contribution in [0.4, 0.5) is 5.82 Å². The zero-order valence-corrected chi connectivity index (χ0v) is 8.66. The van der Waals surface area contributed by atoms with Crippen molar-refractivity contribution in [1.29, 1.82) is 0 Å². The number of nitrogens with one attached hydrogen (secondary N) is 1. The highest BCUT2D eigenvalue weighted by atomic mass is 15.1. The van der Waals surface area contributed by atoms with E-state index in [1.807, 2.05) is 0 Å². The van der Waals surface area contributed by atoms with Crippen molar-refractivity contribution in [3.8, 4) is 0 Å². The molecule has 3 heteroatoms. The van der Waals surface area contributed by atoms with Gasteiger partial charge in [0.1, 0.15) is 0 Å². The van der Waals surface area contributed by atoms with Gasteiger partial charge in [0.25, 0.3) is 0 Å². The number of benzene rings is 1. The van der Waals surface area contributed by atoms with Crippen LogP contribution in [-0.2, 0) is 0 Å². The van der Waals surface area contributed by atoms with Crippen molar-refractivity contribution >= 4 is 16.7 Å². The number of aromatic amines is 1. The quantitative estimate of drug-likeness (QED) is 0.745. The third-order valence-electron chi connectivity index (χ3n) is 3.44. The molecular formula is C12H15N3. The van der Waals surface area contributed by atoms with E-state index in [0.717, 1.165) is 16.8 Å². The van der Waals surface area contributed by atoms with Crippen LogP contribution in [-0.4, -0.2) is 10.2 Å². The molecule has 3 N–H and O–H groups in total. The minimum atomic E-state index is 0.616. The minimum absolute atomic E-state index is 0.616. The zero-order chi connectivity index (χ0) is 10.3. The standard InChI is InChI=1S/C12H15N3/c13-12-10-7-9(8-3-1-2-4-8)5-6-11(10)14-15-12/h5-8H,1-4H2,(H3,13,14,15). The Balaban J connectivity index is 2.08. The van der Waals surface area contributed by atoms with Crippen LogP contribution in [0.5, 0.6) is 0 Å². The van der Waals surface area contributed by atoms with Crippen LogP contribution in [0, 0.1) is 0 Å². The lowest BCUT2D eigenvalue weighted by Gasteiger charge is -2.08. The number of hydrogen-bond acceptors (Lipinski definition) is 2. The summed E-state index contributed by atoms with van der Waals surface area (Å²) in [6, 6.07) is 6.49. The Morgan fingerprint density at radius 3 is 2.87 bits per heavy atom. The van der Waals surface area contributed by atoms with Gasteiger partial charge in [0.2, 0.25) is 0 Å². The average Bonchev–Trinajstić information content (AvgIpc) is 2.88. The monoisotopic (exact) mass is 201 g/mol. The Labute approximate surface area is 88.7 Å². The number of H-pyrrole nitrogens is 1. The van der Waals surface area contributed by atoms with Crippen molar-refractivity contribution in [2.75, 3.05) is 5.73 Å². The fourth-order valence-corrected chi connectivity index (χ4v) is 2.57. The number of nitrogen functional groups attached to an aromatic ring is 1. The fourth-order valence-electron chi connectivity index (χ4n) is 2.57. The second kappa shape index (κ2) is 3.26. The van der Waals surface area contributed by atoms with E-state index in [0.29, 0.717) is 5.82 Å². The van der Waals surface area contributed by atoms with Crippen molar-refractivity contribution in [1.82, 2.24) is 10.2 Å². The second-order valence-electron chi connectivity index (χ2n) is 4.40. The van der Waals surface area contributed by atoms with Crippen molar-refractivity contribution in [2.45, 2.75) is 31.6 Å². The van der Waals surface area contributed by atoms with E-state index in [2.05, 4.69) is 28.4 Å². The van der Waals surface area contributed by atoms with Crippen LogP contribution in [0.25, 0.3) is 10.9 Å². The topological polar surface area (TPSA) is 54.7 Å². The Morgan fingerprint density at radius 1 is 1.27 bits per heavy atom. The molecule has 1 aliphatic carbocycles. The van der Waals surface area contributed by atoms with Crippen LogP contribution in [0.3, 0.4) is 0 Å². The first-order valence-corrected chi connectivity index (χ1v) is 5.58. The van der Waals surface area contributed by atoms with Gasteiger partial charge in [0, 0.05) is 5.39 Å². The van der Waals surface area contributed by atoms with Crippen molar-refractivity contribution < 1.29 is 0 Å². The molecule has 15 heavy (non-hydrogen) atoms. The third kappa shape index (κ3) is 1.39. The van der Waals surface area contributed by atoms with Crippen molar-refractivity contribution in [2.24, 2.45) is 0 Å². The Hall–Kier alpha value is -1.51. The van der Waals surface area contributed by atoms with E-state index >= 15 is 0 Å². The Morgan fingerprint density at radius 2 is 2.07 bits per heavy atom. The first-order valence-electron chi connectivity index (χ1n) is 5.58. The molecule has 0 unspecified atom stereocenters. The van der Waals surface area contributed by atoms with Gasteiger partial charge in [0.05, 0.1) is 5.52 Å². The van der Waals surface area contributed by atoms with E-state index in [1.54, 1.807) is 0 Å². The molecule has 0 saturated heterocycles. The van der Waals surface area contributed by atoms with E-state index in [9.17, 15) is 0 Å².